The van der Waals surface area contributed by atoms with Gasteiger partial charge >= 0.3 is 0 Å². The van der Waals surface area contributed by atoms with Crippen molar-refractivity contribution in [2.24, 2.45) is 17.1 Å². The molecule has 3 heteroatoms. The molecule has 2 atom stereocenters. The molecule has 0 bridgehead atoms. The van der Waals surface area contributed by atoms with E-state index >= 15 is 0 Å². The quantitative estimate of drug-likeness (QED) is 0.849. The zero-order chi connectivity index (χ0) is 12.0. The molecule has 2 aromatic rings. The zero-order valence-corrected chi connectivity index (χ0v) is 10.4. The lowest BCUT2D eigenvalue weighted by molar-refractivity contribution is 0.526. The smallest absolute Gasteiger partial charge is 0.107 e. The number of nitrogens with one attached hydrogen (secondary N) is 1. The summed E-state index contributed by atoms with van der Waals surface area (Å²) in [5, 5.41) is 0. The van der Waals surface area contributed by atoms with Gasteiger partial charge in [0, 0.05) is 12.5 Å². The highest BCUT2D eigenvalue weighted by Gasteiger charge is 2.54. The van der Waals surface area contributed by atoms with Crippen LogP contribution in [0, 0.1) is 11.3 Å². The molecule has 0 saturated heterocycles. The summed E-state index contributed by atoms with van der Waals surface area (Å²) in [5.41, 5.74) is 8.56. The summed E-state index contributed by atoms with van der Waals surface area (Å²) < 4.78 is 0. The molecule has 0 spiro atoms. The van der Waals surface area contributed by atoms with E-state index in [1.165, 1.54) is 0 Å². The predicted octanol–water partition coefficient (Wildman–Crippen LogP) is 2.48. The van der Waals surface area contributed by atoms with Gasteiger partial charge in [0.15, 0.2) is 0 Å². The lowest BCUT2D eigenvalue weighted by Crippen LogP contribution is -2.06. The third-order valence-electron chi connectivity index (χ3n) is 4.27. The summed E-state index contributed by atoms with van der Waals surface area (Å²) in [6.07, 6.45) is 2.13. The van der Waals surface area contributed by atoms with Gasteiger partial charge in [0.1, 0.15) is 5.82 Å². The van der Waals surface area contributed by atoms with Crippen molar-refractivity contribution in [3.63, 3.8) is 0 Å². The first kappa shape index (κ1) is 10.8. The van der Waals surface area contributed by atoms with E-state index in [2.05, 4.69) is 29.9 Å². The molecule has 1 aromatic heterocycles. The lowest BCUT2D eigenvalue weighted by Gasteiger charge is -2.00. The molecule has 3 N–H and O–H groups in total. The van der Waals surface area contributed by atoms with Gasteiger partial charge in [0.2, 0.25) is 0 Å². The third kappa shape index (κ3) is 1.75. The van der Waals surface area contributed by atoms with Crippen LogP contribution in [0.15, 0.2) is 24.3 Å². The number of hydrogen-bond donors (Lipinski definition) is 2. The monoisotopic (exact) mass is 229 g/mol. The van der Waals surface area contributed by atoms with Crippen LogP contribution in [0.2, 0.25) is 0 Å². The number of aromatic nitrogens is 2. The summed E-state index contributed by atoms with van der Waals surface area (Å²) in [6, 6.07) is 8.53. The van der Waals surface area contributed by atoms with Crippen LogP contribution in [-0.4, -0.2) is 16.0 Å². The zero-order valence-electron chi connectivity index (χ0n) is 10.4. The number of imidazole rings is 1. The normalized spacial score (nSPS) is 26.3. The highest BCUT2D eigenvalue weighted by atomic mass is 14.9. The number of para-hydroxylation sites is 2. The maximum Gasteiger partial charge on any atom is 0.107 e. The molecule has 3 nitrogen and oxygen atoms in total. The van der Waals surface area contributed by atoms with Crippen LogP contribution in [0.3, 0.4) is 0 Å². The Hall–Kier alpha value is -1.35. The number of nitrogens with zero attached hydrogens (tertiary/aromatic N) is 1. The molecular weight excluding hydrogens is 210 g/mol. The lowest BCUT2D eigenvalue weighted by atomic mass is 10.1. The molecule has 1 aliphatic carbocycles. The van der Waals surface area contributed by atoms with Crippen LogP contribution in [0.5, 0.6) is 0 Å². The van der Waals surface area contributed by atoms with Crippen molar-refractivity contribution in [2.45, 2.75) is 32.7 Å². The number of benzene rings is 1. The molecule has 1 aromatic carbocycles. The van der Waals surface area contributed by atoms with Gasteiger partial charge in [-0.15, -0.1) is 0 Å². The average Bonchev–Trinajstić information content (AvgIpc) is 2.65. The summed E-state index contributed by atoms with van der Waals surface area (Å²) in [7, 11) is 0. The number of hydrogen-bond acceptors (Lipinski definition) is 2. The molecule has 0 unspecified atom stereocenters. The Morgan fingerprint density at radius 1 is 1.35 bits per heavy atom. The molecular formula is C14H19N3. The molecule has 90 valence electrons. The second-order valence-corrected chi connectivity index (χ2v) is 5.69. The van der Waals surface area contributed by atoms with Gasteiger partial charge in [0.25, 0.3) is 0 Å². The minimum Gasteiger partial charge on any atom is -0.342 e. The van der Waals surface area contributed by atoms with E-state index in [1.807, 2.05) is 18.2 Å². The van der Waals surface area contributed by atoms with E-state index in [4.69, 9.17) is 5.73 Å². The number of aromatic amines is 1. The second-order valence-electron chi connectivity index (χ2n) is 5.69. The fraction of sp³-hybridized carbons (Fsp3) is 0.500. The SMILES string of the molecule is CC1(C)[C@@H](N)[C@@H]1CCc1nc2ccccc2[nH]1. The molecule has 0 amide bonds. The fourth-order valence-electron chi connectivity index (χ4n) is 2.75. The Morgan fingerprint density at radius 2 is 2.06 bits per heavy atom. The van der Waals surface area contributed by atoms with Gasteiger partial charge in [0.05, 0.1) is 11.0 Å². The van der Waals surface area contributed by atoms with Crippen LogP contribution in [0.4, 0.5) is 0 Å². The van der Waals surface area contributed by atoms with Crippen LogP contribution in [0.1, 0.15) is 26.1 Å². The van der Waals surface area contributed by atoms with E-state index in [9.17, 15) is 0 Å². The van der Waals surface area contributed by atoms with Crippen molar-refractivity contribution in [1.82, 2.24) is 9.97 Å². The van der Waals surface area contributed by atoms with Crippen molar-refractivity contribution in [3.05, 3.63) is 30.1 Å². The fourth-order valence-corrected chi connectivity index (χ4v) is 2.75. The molecule has 1 saturated carbocycles. The van der Waals surface area contributed by atoms with E-state index in [0.717, 1.165) is 29.7 Å². The Bertz CT molecular complexity index is 508. The van der Waals surface area contributed by atoms with E-state index < -0.39 is 0 Å². The van der Waals surface area contributed by atoms with Gasteiger partial charge in [-0.05, 0) is 29.9 Å². The number of aryl methyl sites for hydroxylation is 1. The van der Waals surface area contributed by atoms with Crippen LogP contribution in [0.25, 0.3) is 11.0 Å². The van der Waals surface area contributed by atoms with Crippen molar-refractivity contribution in [1.29, 1.82) is 0 Å². The average molecular weight is 229 g/mol. The Labute approximate surface area is 101 Å². The van der Waals surface area contributed by atoms with Gasteiger partial charge in [-0.25, -0.2) is 4.98 Å². The minimum absolute atomic E-state index is 0.325. The Kier molecular flexibility index (Phi) is 2.26. The topological polar surface area (TPSA) is 54.7 Å². The highest BCUT2D eigenvalue weighted by Crippen LogP contribution is 2.52. The van der Waals surface area contributed by atoms with Crippen LogP contribution >= 0.6 is 0 Å². The largest absolute Gasteiger partial charge is 0.342 e. The minimum atomic E-state index is 0.325. The van der Waals surface area contributed by atoms with Crippen LogP contribution < -0.4 is 5.73 Å². The Morgan fingerprint density at radius 3 is 2.71 bits per heavy atom. The van der Waals surface area contributed by atoms with Crippen molar-refractivity contribution < 1.29 is 0 Å². The molecule has 3 rings (SSSR count). The maximum absolute atomic E-state index is 6.05. The highest BCUT2D eigenvalue weighted by molar-refractivity contribution is 5.74. The molecule has 1 aliphatic rings. The number of nitrogens with two attached hydrogens (primary N) is 1. The van der Waals surface area contributed by atoms with Gasteiger partial charge < -0.3 is 10.7 Å². The van der Waals surface area contributed by atoms with E-state index in [0.29, 0.717) is 17.4 Å². The molecule has 1 heterocycles. The number of rotatable bonds is 3. The van der Waals surface area contributed by atoms with Crippen molar-refractivity contribution in [3.8, 4) is 0 Å². The first-order chi connectivity index (χ1) is 8.09. The van der Waals surface area contributed by atoms with Crippen molar-refractivity contribution >= 4 is 11.0 Å². The summed E-state index contributed by atoms with van der Waals surface area (Å²) >= 11 is 0. The summed E-state index contributed by atoms with van der Waals surface area (Å²) in [6.45, 7) is 4.50. The predicted molar refractivity (Wildman–Crippen MR) is 69.7 cm³/mol. The molecule has 1 fully saturated rings. The number of H-pyrrole nitrogens is 1. The van der Waals surface area contributed by atoms with Gasteiger partial charge in [-0.2, -0.15) is 0 Å². The summed E-state index contributed by atoms with van der Waals surface area (Å²) in [5.74, 6) is 1.73. The third-order valence-corrected chi connectivity index (χ3v) is 4.27. The second kappa shape index (κ2) is 3.57. The van der Waals surface area contributed by atoms with E-state index in [1.54, 1.807) is 0 Å². The molecule has 17 heavy (non-hydrogen) atoms. The molecule has 0 aliphatic heterocycles. The Balaban J connectivity index is 1.70. The van der Waals surface area contributed by atoms with Gasteiger partial charge in [-0.1, -0.05) is 26.0 Å². The van der Waals surface area contributed by atoms with Gasteiger partial charge in [-0.3, -0.25) is 0 Å². The van der Waals surface area contributed by atoms with Crippen molar-refractivity contribution in [2.75, 3.05) is 0 Å². The molecule has 0 radical (unpaired) electrons. The van der Waals surface area contributed by atoms with Crippen LogP contribution in [-0.2, 0) is 6.42 Å². The first-order valence-corrected chi connectivity index (χ1v) is 6.28. The first-order valence-electron chi connectivity index (χ1n) is 6.28. The summed E-state index contributed by atoms with van der Waals surface area (Å²) in [4.78, 5) is 7.96. The van der Waals surface area contributed by atoms with E-state index in [-0.39, 0.29) is 0 Å². The maximum atomic E-state index is 6.05. The standard InChI is InChI=1S/C14H19N3/c1-14(2)9(13(14)15)7-8-12-16-10-5-3-4-6-11(10)17-12/h3-6,9,13H,7-8,15H2,1-2H3,(H,16,17)/t9-,13-/m0/s1. The number of fused-ring (bicyclic) bond motifs is 1.